The van der Waals surface area contributed by atoms with Gasteiger partial charge in [0.1, 0.15) is 0 Å². The Hall–Kier alpha value is -0.0400. The van der Waals surface area contributed by atoms with Crippen molar-refractivity contribution >= 4 is 0 Å². The Morgan fingerprint density at radius 1 is 1.11 bits per heavy atom. The van der Waals surface area contributed by atoms with E-state index >= 15 is 0 Å². The van der Waals surface area contributed by atoms with Crippen LogP contribution in [0.25, 0.3) is 0 Å². The Bertz CT molecular complexity index is 42.5. The fourth-order valence-electron chi connectivity index (χ4n) is 0.250. The summed E-state index contributed by atoms with van der Waals surface area (Å²) in [5.41, 5.74) is -0.417. The van der Waals surface area contributed by atoms with Crippen LogP contribution in [-0.4, -0.2) is 10.7 Å². The third-order valence-corrected chi connectivity index (χ3v) is 1.52. The molecule has 60 valence electrons. The molecule has 0 amide bonds. The van der Waals surface area contributed by atoms with Crippen molar-refractivity contribution < 1.29 is 5.11 Å². The van der Waals surface area contributed by atoms with Crippen molar-refractivity contribution in [2.75, 3.05) is 0 Å². The summed E-state index contributed by atoms with van der Waals surface area (Å²) >= 11 is 0. The van der Waals surface area contributed by atoms with Crippen LogP contribution in [0.4, 0.5) is 0 Å². The quantitative estimate of drug-likeness (QED) is 0.615. The van der Waals surface area contributed by atoms with E-state index in [2.05, 4.69) is 0 Å². The van der Waals surface area contributed by atoms with Gasteiger partial charge in [0.15, 0.2) is 0 Å². The highest BCUT2D eigenvalue weighted by Gasteiger charge is 2.12. The molecule has 9 heavy (non-hydrogen) atoms. The maximum atomic E-state index is 9.13. The summed E-state index contributed by atoms with van der Waals surface area (Å²) in [5, 5.41) is 9.13. The largest absolute Gasteiger partial charge is 0.390 e. The molecule has 0 radical (unpaired) electrons. The SMILES string of the molecule is C.C.CCC(C)(O)CC. The zero-order valence-electron chi connectivity index (χ0n) is 5.36. The number of hydrogen-bond donors (Lipinski definition) is 1. The second-order valence-corrected chi connectivity index (χ2v) is 2.20. The Morgan fingerprint density at radius 2 is 1.33 bits per heavy atom. The van der Waals surface area contributed by atoms with Gasteiger partial charge in [0.05, 0.1) is 5.60 Å². The van der Waals surface area contributed by atoms with Gasteiger partial charge in [-0.15, -0.1) is 0 Å². The second kappa shape index (κ2) is 6.09. The minimum Gasteiger partial charge on any atom is -0.390 e. The van der Waals surface area contributed by atoms with Crippen LogP contribution in [0.1, 0.15) is 48.5 Å². The number of rotatable bonds is 2. The molecule has 0 aliphatic carbocycles. The van der Waals surface area contributed by atoms with Crippen molar-refractivity contribution in [3.05, 3.63) is 0 Å². The first-order valence-corrected chi connectivity index (χ1v) is 2.84. The summed E-state index contributed by atoms with van der Waals surface area (Å²) in [6.45, 7) is 5.83. The van der Waals surface area contributed by atoms with E-state index in [1.54, 1.807) is 0 Å². The predicted molar refractivity (Wildman–Crippen MR) is 44.7 cm³/mol. The lowest BCUT2D eigenvalue weighted by Gasteiger charge is -2.17. The molecule has 0 spiro atoms. The van der Waals surface area contributed by atoms with Crippen molar-refractivity contribution in [1.82, 2.24) is 0 Å². The summed E-state index contributed by atoms with van der Waals surface area (Å²) in [6, 6.07) is 0. The molecule has 0 aromatic carbocycles. The third kappa shape index (κ3) is 7.96. The van der Waals surface area contributed by atoms with Gasteiger partial charge in [-0.25, -0.2) is 0 Å². The first-order chi connectivity index (χ1) is 3.12. The van der Waals surface area contributed by atoms with Crippen LogP contribution in [0.2, 0.25) is 0 Å². The van der Waals surface area contributed by atoms with Gasteiger partial charge in [0.25, 0.3) is 0 Å². The highest BCUT2D eigenvalue weighted by molar-refractivity contribution is 4.65. The molecular formula is C8H22O. The van der Waals surface area contributed by atoms with E-state index in [9.17, 15) is 0 Å². The minimum atomic E-state index is -0.417. The smallest absolute Gasteiger partial charge is 0.0614 e. The third-order valence-electron chi connectivity index (χ3n) is 1.52. The molecule has 0 atom stereocenters. The van der Waals surface area contributed by atoms with Crippen molar-refractivity contribution in [2.24, 2.45) is 0 Å². The standard InChI is InChI=1S/C6H14O.2CH4/c1-4-6(3,7)5-2;;/h7H,4-5H2,1-3H3;2*1H4. The fourth-order valence-corrected chi connectivity index (χ4v) is 0.250. The average molecular weight is 134 g/mol. The molecule has 0 aliphatic heterocycles. The van der Waals surface area contributed by atoms with Crippen molar-refractivity contribution in [2.45, 2.75) is 54.1 Å². The van der Waals surface area contributed by atoms with E-state index < -0.39 is 5.60 Å². The molecule has 1 nitrogen and oxygen atoms in total. The zero-order valence-corrected chi connectivity index (χ0v) is 5.36. The lowest BCUT2D eigenvalue weighted by Crippen LogP contribution is -2.20. The lowest BCUT2D eigenvalue weighted by molar-refractivity contribution is 0.0521. The first-order valence-electron chi connectivity index (χ1n) is 2.84. The molecule has 0 unspecified atom stereocenters. The average Bonchev–Trinajstić information content (AvgIpc) is 1.68. The summed E-state index contributed by atoms with van der Waals surface area (Å²) < 4.78 is 0. The monoisotopic (exact) mass is 134 g/mol. The second-order valence-electron chi connectivity index (χ2n) is 2.20. The molecule has 0 bridgehead atoms. The van der Waals surface area contributed by atoms with Gasteiger partial charge in [0, 0.05) is 0 Å². The molecule has 0 saturated heterocycles. The predicted octanol–water partition coefficient (Wildman–Crippen LogP) is 2.83. The van der Waals surface area contributed by atoms with Gasteiger partial charge in [-0.3, -0.25) is 0 Å². The number of aliphatic hydroxyl groups is 1. The van der Waals surface area contributed by atoms with E-state index in [1.165, 1.54) is 0 Å². The molecule has 1 heteroatoms. The van der Waals surface area contributed by atoms with Crippen LogP contribution < -0.4 is 0 Å². The fraction of sp³-hybridized carbons (Fsp3) is 1.00. The van der Waals surface area contributed by atoms with Crippen molar-refractivity contribution in [3.8, 4) is 0 Å². The topological polar surface area (TPSA) is 20.2 Å². The minimum absolute atomic E-state index is 0. The molecule has 0 aromatic heterocycles. The van der Waals surface area contributed by atoms with Crippen LogP contribution in [-0.2, 0) is 0 Å². The Balaban J connectivity index is -0.000000180. The van der Waals surface area contributed by atoms with Gasteiger partial charge in [-0.1, -0.05) is 28.7 Å². The van der Waals surface area contributed by atoms with Crippen LogP contribution in [0.15, 0.2) is 0 Å². The van der Waals surface area contributed by atoms with Crippen LogP contribution >= 0.6 is 0 Å². The highest BCUT2D eigenvalue weighted by Crippen LogP contribution is 2.11. The maximum Gasteiger partial charge on any atom is 0.0614 e. The van der Waals surface area contributed by atoms with Crippen LogP contribution in [0.3, 0.4) is 0 Å². The van der Waals surface area contributed by atoms with Gasteiger partial charge in [0.2, 0.25) is 0 Å². The Morgan fingerprint density at radius 3 is 1.33 bits per heavy atom. The van der Waals surface area contributed by atoms with Crippen molar-refractivity contribution in [3.63, 3.8) is 0 Å². The van der Waals surface area contributed by atoms with Gasteiger partial charge in [-0.05, 0) is 19.8 Å². The first kappa shape index (κ1) is 16.0. The summed E-state index contributed by atoms with van der Waals surface area (Å²) in [4.78, 5) is 0. The number of hydrogen-bond acceptors (Lipinski definition) is 1. The van der Waals surface area contributed by atoms with E-state index in [1.807, 2.05) is 20.8 Å². The maximum absolute atomic E-state index is 9.13. The van der Waals surface area contributed by atoms with Crippen LogP contribution in [0.5, 0.6) is 0 Å². The van der Waals surface area contributed by atoms with E-state index in [4.69, 9.17) is 5.11 Å². The van der Waals surface area contributed by atoms with E-state index in [-0.39, 0.29) is 14.9 Å². The molecule has 0 saturated carbocycles. The van der Waals surface area contributed by atoms with Gasteiger partial charge >= 0.3 is 0 Å². The zero-order chi connectivity index (χ0) is 5.91. The van der Waals surface area contributed by atoms with Gasteiger partial charge < -0.3 is 5.11 Å². The molecule has 0 heterocycles. The normalized spacial score (nSPS) is 9.33. The molecule has 0 fully saturated rings. The summed E-state index contributed by atoms with van der Waals surface area (Å²) in [5.74, 6) is 0. The van der Waals surface area contributed by atoms with E-state index in [0.29, 0.717) is 0 Å². The molecule has 0 aliphatic rings. The summed E-state index contributed by atoms with van der Waals surface area (Å²) in [7, 11) is 0. The van der Waals surface area contributed by atoms with E-state index in [0.717, 1.165) is 12.8 Å². The lowest BCUT2D eigenvalue weighted by atomic mass is 10.0. The van der Waals surface area contributed by atoms with Gasteiger partial charge in [-0.2, -0.15) is 0 Å². The molecule has 0 aromatic rings. The molecule has 0 rings (SSSR count). The molecule has 1 N–H and O–H groups in total. The Labute approximate surface area is 60.1 Å². The van der Waals surface area contributed by atoms with Crippen LogP contribution in [0, 0.1) is 0 Å². The van der Waals surface area contributed by atoms with Crippen molar-refractivity contribution in [1.29, 1.82) is 0 Å². The summed E-state index contributed by atoms with van der Waals surface area (Å²) in [6.07, 6.45) is 1.70. The Kier molecular flexibility index (Phi) is 10.8. The molecular weight excluding hydrogens is 112 g/mol. The highest BCUT2D eigenvalue weighted by atomic mass is 16.3.